The Morgan fingerprint density at radius 3 is 2.78 bits per heavy atom. The van der Waals surface area contributed by atoms with Crippen molar-refractivity contribution in [2.45, 2.75) is 19.4 Å². The predicted molar refractivity (Wildman–Crippen MR) is 69.5 cm³/mol. The molecule has 0 bridgehead atoms. The van der Waals surface area contributed by atoms with E-state index in [4.69, 9.17) is 5.73 Å². The van der Waals surface area contributed by atoms with Crippen LogP contribution in [0.5, 0.6) is 0 Å². The van der Waals surface area contributed by atoms with Gasteiger partial charge in [-0.25, -0.2) is 0 Å². The van der Waals surface area contributed by atoms with Gasteiger partial charge in [-0.3, -0.25) is 9.59 Å². The summed E-state index contributed by atoms with van der Waals surface area (Å²) in [6, 6.07) is 5.25. The van der Waals surface area contributed by atoms with Crippen molar-refractivity contribution in [1.29, 1.82) is 0 Å². The third-order valence-electron chi connectivity index (χ3n) is 3.22. The lowest BCUT2D eigenvalue weighted by molar-refractivity contribution is -0.117. The minimum Gasteiger partial charge on any atom is -0.355 e. The lowest BCUT2D eigenvalue weighted by Crippen LogP contribution is -2.29. The number of nitrogens with one attached hydrogen (secondary N) is 1. The molecule has 2 rings (SSSR count). The van der Waals surface area contributed by atoms with Crippen LogP contribution in [-0.2, 0) is 4.79 Å². The van der Waals surface area contributed by atoms with Crippen molar-refractivity contribution in [2.24, 2.45) is 5.73 Å². The molecule has 2 amide bonds. The van der Waals surface area contributed by atoms with Gasteiger partial charge in [0.2, 0.25) is 5.91 Å². The van der Waals surface area contributed by atoms with Crippen LogP contribution in [0.2, 0.25) is 0 Å². The van der Waals surface area contributed by atoms with Gasteiger partial charge in [0.05, 0.1) is 0 Å². The molecule has 1 saturated heterocycles. The Bertz CT molecular complexity index is 499. The highest BCUT2D eigenvalue weighted by Crippen LogP contribution is 2.26. The summed E-state index contributed by atoms with van der Waals surface area (Å²) >= 11 is 0. The van der Waals surface area contributed by atoms with Gasteiger partial charge in [-0.2, -0.15) is 0 Å². The molecule has 0 radical (unpaired) electrons. The van der Waals surface area contributed by atoms with Crippen LogP contribution in [0.4, 0.5) is 5.69 Å². The second kappa shape index (κ2) is 4.78. The van der Waals surface area contributed by atoms with Crippen LogP contribution >= 0.6 is 0 Å². The van der Waals surface area contributed by atoms with Crippen LogP contribution in [0.25, 0.3) is 0 Å². The molecule has 1 atom stereocenters. The summed E-state index contributed by atoms with van der Waals surface area (Å²) < 4.78 is 0. The average Bonchev–Trinajstić information content (AvgIpc) is 2.68. The van der Waals surface area contributed by atoms with Crippen molar-refractivity contribution in [3.8, 4) is 0 Å². The number of amides is 2. The SMILES string of the molecule is CNC(=O)c1cccc(N2CC(N)CC2=O)c1C. The Labute approximate surface area is 106 Å². The Hall–Kier alpha value is -1.88. The van der Waals surface area contributed by atoms with E-state index < -0.39 is 0 Å². The van der Waals surface area contributed by atoms with Crippen molar-refractivity contribution < 1.29 is 9.59 Å². The zero-order chi connectivity index (χ0) is 13.3. The van der Waals surface area contributed by atoms with E-state index in [1.54, 1.807) is 24.1 Å². The lowest BCUT2D eigenvalue weighted by atomic mass is 10.1. The van der Waals surface area contributed by atoms with Crippen molar-refractivity contribution in [1.82, 2.24) is 5.32 Å². The molecule has 3 N–H and O–H groups in total. The van der Waals surface area contributed by atoms with Gasteiger partial charge in [0, 0.05) is 37.3 Å². The van der Waals surface area contributed by atoms with E-state index in [-0.39, 0.29) is 17.9 Å². The maximum Gasteiger partial charge on any atom is 0.251 e. The maximum absolute atomic E-state index is 11.8. The molecule has 1 unspecified atom stereocenters. The molecule has 5 heteroatoms. The highest BCUT2D eigenvalue weighted by atomic mass is 16.2. The highest BCUT2D eigenvalue weighted by Gasteiger charge is 2.29. The van der Waals surface area contributed by atoms with E-state index in [2.05, 4.69) is 5.32 Å². The molecule has 0 aliphatic carbocycles. The van der Waals surface area contributed by atoms with Gasteiger partial charge in [-0.15, -0.1) is 0 Å². The van der Waals surface area contributed by atoms with E-state index in [0.29, 0.717) is 18.5 Å². The first-order valence-corrected chi connectivity index (χ1v) is 5.92. The largest absolute Gasteiger partial charge is 0.355 e. The summed E-state index contributed by atoms with van der Waals surface area (Å²) in [5.41, 5.74) is 7.95. The monoisotopic (exact) mass is 247 g/mol. The third kappa shape index (κ3) is 2.09. The normalized spacial score (nSPS) is 19.2. The third-order valence-corrected chi connectivity index (χ3v) is 3.22. The van der Waals surface area contributed by atoms with Crippen LogP contribution in [0.3, 0.4) is 0 Å². The molecule has 1 aliphatic rings. The van der Waals surface area contributed by atoms with Crippen molar-refractivity contribution >= 4 is 17.5 Å². The quantitative estimate of drug-likeness (QED) is 0.795. The van der Waals surface area contributed by atoms with Crippen molar-refractivity contribution in [2.75, 3.05) is 18.5 Å². The number of carbonyl (C=O) groups is 2. The minimum absolute atomic E-state index is 0.0136. The highest BCUT2D eigenvalue weighted by molar-refractivity contribution is 6.01. The Morgan fingerprint density at radius 1 is 1.50 bits per heavy atom. The Morgan fingerprint density at radius 2 is 2.22 bits per heavy atom. The average molecular weight is 247 g/mol. The van der Waals surface area contributed by atoms with Gasteiger partial charge in [-0.1, -0.05) is 6.07 Å². The van der Waals surface area contributed by atoms with E-state index in [0.717, 1.165) is 11.3 Å². The number of carbonyl (C=O) groups excluding carboxylic acids is 2. The standard InChI is InChI=1S/C13H17N3O2/c1-8-10(13(18)15-2)4-3-5-11(8)16-7-9(14)6-12(16)17/h3-5,9H,6-7,14H2,1-2H3,(H,15,18). The minimum atomic E-state index is -0.148. The zero-order valence-corrected chi connectivity index (χ0v) is 10.6. The fraction of sp³-hybridized carbons (Fsp3) is 0.385. The molecule has 1 aromatic rings. The summed E-state index contributed by atoms with van der Waals surface area (Å²) in [6.07, 6.45) is 0.365. The smallest absolute Gasteiger partial charge is 0.251 e. The first kappa shape index (κ1) is 12.6. The second-order valence-corrected chi connectivity index (χ2v) is 4.50. The molecule has 0 aromatic heterocycles. The first-order chi connectivity index (χ1) is 8.54. The predicted octanol–water partition coefficient (Wildman–Crippen LogP) is 0.419. The number of hydrogen-bond donors (Lipinski definition) is 2. The first-order valence-electron chi connectivity index (χ1n) is 5.92. The molecule has 1 aromatic carbocycles. The summed E-state index contributed by atoms with van der Waals surface area (Å²) in [7, 11) is 1.59. The topological polar surface area (TPSA) is 75.4 Å². The number of anilines is 1. The summed E-state index contributed by atoms with van der Waals surface area (Å²) in [5.74, 6) is -0.134. The van der Waals surface area contributed by atoms with Crippen LogP contribution < -0.4 is 16.0 Å². The molecule has 18 heavy (non-hydrogen) atoms. The van der Waals surface area contributed by atoms with Gasteiger partial charge in [-0.05, 0) is 24.6 Å². The maximum atomic E-state index is 11.8. The summed E-state index contributed by atoms with van der Waals surface area (Å²) in [5, 5.41) is 2.59. The van der Waals surface area contributed by atoms with Crippen LogP contribution in [-0.4, -0.2) is 31.4 Å². The molecule has 1 heterocycles. The summed E-state index contributed by atoms with van der Waals surface area (Å²) in [4.78, 5) is 25.2. The van der Waals surface area contributed by atoms with Gasteiger partial charge in [0.15, 0.2) is 0 Å². The van der Waals surface area contributed by atoms with E-state index >= 15 is 0 Å². The van der Waals surface area contributed by atoms with Gasteiger partial charge < -0.3 is 16.0 Å². The molecule has 0 saturated carbocycles. The molecule has 5 nitrogen and oxygen atoms in total. The van der Waals surface area contributed by atoms with Gasteiger partial charge in [0.25, 0.3) is 5.91 Å². The lowest BCUT2D eigenvalue weighted by Gasteiger charge is -2.20. The molecule has 1 aliphatic heterocycles. The number of benzene rings is 1. The van der Waals surface area contributed by atoms with E-state index in [9.17, 15) is 9.59 Å². The molecular weight excluding hydrogens is 230 g/mol. The molecule has 96 valence electrons. The number of hydrogen-bond acceptors (Lipinski definition) is 3. The number of rotatable bonds is 2. The fourth-order valence-corrected chi connectivity index (χ4v) is 2.26. The van der Waals surface area contributed by atoms with E-state index in [1.165, 1.54) is 0 Å². The van der Waals surface area contributed by atoms with Crippen LogP contribution in [0.15, 0.2) is 18.2 Å². The molecule has 0 spiro atoms. The van der Waals surface area contributed by atoms with Crippen molar-refractivity contribution in [3.63, 3.8) is 0 Å². The number of nitrogens with two attached hydrogens (primary N) is 1. The summed E-state index contributed by atoms with van der Waals surface area (Å²) in [6.45, 7) is 2.36. The van der Waals surface area contributed by atoms with Crippen molar-refractivity contribution in [3.05, 3.63) is 29.3 Å². The van der Waals surface area contributed by atoms with Crippen LogP contribution in [0.1, 0.15) is 22.3 Å². The van der Waals surface area contributed by atoms with Crippen LogP contribution in [0, 0.1) is 6.92 Å². The molecule has 1 fully saturated rings. The van der Waals surface area contributed by atoms with E-state index in [1.807, 2.05) is 13.0 Å². The van der Waals surface area contributed by atoms with Gasteiger partial charge in [0.1, 0.15) is 0 Å². The Balaban J connectivity index is 2.40. The second-order valence-electron chi connectivity index (χ2n) is 4.50. The van der Waals surface area contributed by atoms with Gasteiger partial charge >= 0.3 is 0 Å². The Kier molecular flexibility index (Phi) is 3.34. The fourth-order valence-electron chi connectivity index (χ4n) is 2.26. The molecular formula is C13H17N3O2. The number of nitrogens with zero attached hydrogens (tertiary/aromatic N) is 1. The zero-order valence-electron chi connectivity index (χ0n) is 10.6.